The van der Waals surface area contributed by atoms with Crippen molar-refractivity contribution in [1.82, 2.24) is 10.1 Å². The lowest BCUT2D eigenvalue weighted by Crippen LogP contribution is -2.25. The molecule has 0 fully saturated rings. The number of benzene rings is 1. The summed E-state index contributed by atoms with van der Waals surface area (Å²) >= 11 is 0. The number of hydrogen-bond acceptors (Lipinski definition) is 5. The van der Waals surface area contributed by atoms with Crippen LogP contribution in [0.3, 0.4) is 0 Å². The number of ether oxygens (including phenoxy) is 1. The van der Waals surface area contributed by atoms with Crippen LogP contribution >= 0.6 is 0 Å². The van der Waals surface area contributed by atoms with E-state index in [0.29, 0.717) is 23.8 Å². The van der Waals surface area contributed by atoms with Crippen LogP contribution in [0.4, 0.5) is 0 Å². The second kappa shape index (κ2) is 6.62. The summed E-state index contributed by atoms with van der Waals surface area (Å²) in [5.41, 5.74) is 1.58. The molecular weight excluding hydrogens is 308 g/mol. The number of furan rings is 1. The normalized spacial score (nSPS) is 10.6. The summed E-state index contributed by atoms with van der Waals surface area (Å²) < 4.78 is 15.8. The highest BCUT2D eigenvalue weighted by Crippen LogP contribution is 2.25. The third kappa shape index (κ3) is 3.32. The van der Waals surface area contributed by atoms with Gasteiger partial charge in [0.2, 0.25) is 0 Å². The van der Waals surface area contributed by atoms with Gasteiger partial charge in [0, 0.05) is 18.7 Å². The number of amides is 1. The average Bonchev–Trinajstić information content (AvgIpc) is 3.23. The number of aryl methyl sites for hydroxylation is 1. The first-order valence-electron chi connectivity index (χ1n) is 7.49. The second-order valence-electron chi connectivity index (χ2n) is 5.48. The topological polar surface area (TPSA) is 68.7 Å². The number of methoxy groups -OCH3 is 1. The van der Waals surface area contributed by atoms with Gasteiger partial charge in [-0.1, -0.05) is 5.16 Å². The molecule has 0 aliphatic rings. The van der Waals surface area contributed by atoms with E-state index < -0.39 is 0 Å². The SMILES string of the molecule is COc1ccc(-c2ccc(C(=O)N(C)Cc3cc(C)on3)o2)cc1. The predicted molar refractivity (Wildman–Crippen MR) is 87.7 cm³/mol. The summed E-state index contributed by atoms with van der Waals surface area (Å²) in [6, 6.07) is 12.7. The van der Waals surface area contributed by atoms with Crippen LogP contribution in [0.2, 0.25) is 0 Å². The Morgan fingerprint density at radius 1 is 1.21 bits per heavy atom. The molecule has 1 amide bonds. The van der Waals surface area contributed by atoms with E-state index in [4.69, 9.17) is 13.7 Å². The lowest BCUT2D eigenvalue weighted by atomic mass is 10.2. The van der Waals surface area contributed by atoms with Crippen molar-refractivity contribution in [3.8, 4) is 17.1 Å². The molecular formula is C18H18N2O4. The Morgan fingerprint density at radius 3 is 2.58 bits per heavy atom. The summed E-state index contributed by atoms with van der Waals surface area (Å²) in [5.74, 6) is 2.18. The Bertz CT molecular complexity index is 833. The van der Waals surface area contributed by atoms with E-state index >= 15 is 0 Å². The average molecular weight is 326 g/mol. The van der Waals surface area contributed by atoms with Crippen LogP contribution in [0.15, 0.2) is 51.4 Å². The number of nitrogens with zero attached hydrogens (tertiary/aromatic N) is 2. The third-order valence-corrected chi connectivity index (χ3v) is 3.61. The van der Waals surface area contributed by atoms with E-state index in [1.807, 2.05) is 31.2 Å². The van der Waals surface area contributed by atoms with Crippen molar-refractivity contribution < 1.29 is 18.5 Å². The Kier molecular flexibility index (Phi) is 4.37. The van der Waals surface area contributed by atoms with E-state index in [0.717, 1.165) is 11.3 Å². The minimum atomic E-state index is -0.213. The zero-order valence-electron chi connectivity index (χ0n) is 13.8. The largest absolute Gasteiger partial charge is 0.497 e. The van der Waals surface area contributed by atoms with Gasteiger partial charge in [-0.2, -0.15) is 0 Å². The van der Waals surface area contributed by atoms with Gasteiger partial charge in [-0.25, -0.2) is 0 Å². The van der Waals surface area contributed by atoms with Crippen LogP contribution in [-0.4, -0.2) is 30.1 Å². The summed E-state index contributed by atoms with van der Waals surface area (Å²) in [6.45, 7) is 2.17. The smallest absolute Gasteiger partial charge is 0.289 e. The first kappa shape index (κ1) is 15.9. The highest BCUT2D eigenvalue weighted by Gasteiger charge is 2.18. The molecule has 0 saturated heterocycles. The molecule has 0 radical (unpaired) electrons. The van der Waals surface area contributed by atoms with Crippen molar-refractivity contribution in [1.29, 1.82) is 0 Å². The van der Waals surface area contributed by atoms with Crippen LogP contribution in [-0.2, 0) is 6.54 Å². The number of carbonyl (C=O) groups is 1. The quantitative estimate of drug-likeness (QED) is 0.717. The fourth-order valence-corrected chi connectivity index (χ4v) is 2.36. The molecule has 0 spiro atoms. The van der Waals surface area contributed by atoms with Gasteiger partial charge in [-0.05, 0) is 43.3 Å². The van der Waals surface area contributed by atoms with Gasteiger partial charge in [0.05, 0.1) is 13.7 Å². The maximum absolute atomic E-state index is 12.5. The zero-order valence-corrected chi connectivity index (χ0v) is 13.8. The minimum absolute atomic E-state index is 0.213. The van der Waals surface area contributed by atoms with Crippen molar-refractivity contribution in [3.05, 3.63) is 59.7 Å². The predicted octanol–water partition coefficient (Wildman–Crippen LogP) is 3.52. The van der Waals surface area contributed by atoms with Gasteiger partial charge < -0.3 is 18.6 Å². The maximum Gasteiger partial charge on any atom is 0.289 e. The molecule has 0 atom stereocenters. The van der Waals surface area contributed by atoms with Gasteiger partial charge in [0.15, 0.2) is 5.76 Å². The molecule has 0 unspecified atom stereocenters. The van der Waals surface area contributed by atoms with Gasteiger partial charge in [0.25, 0.3) is 5.91 Å². The highest BCUT2D eigenvalue weighted by molar-refractivity contribution is 5.91. The fourth-order valence-electron chi connectivity index (χ4n) is 2.36. The van der Waals surface area contributed by atoms with Gasteiger partial charge in [-0.3, -0.25) is 4.79 Å². The number of hydrogen-bond donors (Lipinski definition) is 0. The minimum Gasteiger partial charge on any atom is -0.497 e. The Morgan fingerprint density at radius 2 is 1.96 bits per heavy atom. The van der Waals surface area contributed by atoms with E-state index in [2.05, 4.69) is 5.16 Å². The van der Waals surface area contributed by atoms with Gasteiger partial charge in [-0.15, -0.1) is 0 Å². The van der Waals surface area contributed by atoms with Crippen molar-refractivity contribution in [2.24, 2.45) is 0 Å². The van der Waals surface area contributed by atoms with Crippen molar-refractivity contribution in [3.63, 3.8) is 0 Å². The molecule has 2 aromatic heterocycles. The van der Waals surface area contributed by atoms with E-state index in [9.17, 15) is 4.79 Å². The highest BCUT2D eigenvalue weighted by atomic mass is 16.5. The van der Waals surface area contributed by atoms with E-state index in [-0.39, 0.29) is 11.7 Å². The Hall–Kier alpha value is -3.02. The lowest BCUT2D eigenvalue weighted by molar-refractivity contribution is 0.0751. The van der Waals surface area contributed by atoms with Crippen LogP contribution in [0.25, 0.3) is 11.3 Å². The number of rotatable bonds is 5. The Labute approximate surface area is 139 Å². The molecule has 0 aliphatic heterocycles. The molecule has 124 valence electrons. The maximum atomic E-state index is 12.5. The van der Waals surface area contributed by atoms with Crippen molar-refractivity contribution in [2.75, 3.05) is 14.2 Å². The molecule has 1 aromatic carbocycles. The molecule has 24 heavy (non-hydrogen) atoms. The first-order chi connectivity index (χ1) is 11.6. The molecule has 0 bridgehead atoms. The molecule has 0 N–H and O–H groups in total. The first-order valence-corrected chi connectivity index (χ1v) is 7.49. The molecule has 0 aliphatic carbocycles. The van der Waals surface area contributed by atoms with Crippen LogP contribution in [0.5, 0.6) is 5.75 Å². The van der Waals surface area contributed by atoms with Crippen LogP contribution < -0.4 is 4.74 Å². The molecule has 0 saturated carbocycles. The van der Waals surface area contributed by atoms with Crippen molar-refractivity contribution >= 4 is 5.91 Å². The van der Waals surface area contributed by atoms with Crippen LogP contribution in [0.1, 0.15) is 22.0 Å². The van der Waals surface area contributed by atoms with Crippen LogP contribution in [0, 0.1) is 6.92 Å². The second-order valence-corrected chi connectivity index (χ2v) is 5.48. The summed E-state index contributed by atoms with van der Waals surface area (Å²) in [5, 5.41) is 3.89. The standard InChI is InChI=1S/C18H18N2O4/c1-12-10-14(19-24-12)11-20(2)18(21)17-9-8-16(23-17)13-4-6-15(22-3)7-5-13/h4-10H,11H2,1-3H3. The summed E-state index contributed by atoms with van der Waals surface area (Å²) in [7, 11) is 3.31. The fraction of sp³-hybridized carbons (Fsp3) is 0.222. The zero-order chi connectivity index (χ0) is 17.1. The molecule has 3 rings (SSSR count). The van der Waals surface area contributed by atoms with Gasteiger partial charge >= 0.3 is 0 Å². The lowest BCUT2D eigenvalue weighted by Gasteiger charge is -2.13. The molecule has 6 heteroatoms. The Balaban J connectivity index is 1.72. The molecule has 6 nitrogen and oxygen atoms in total. The summed E-state index contributed by atoms with van der Waals surface area (Å²) in [6.07, 6.45) is 0. The van der Waals surface area contributed by atoms with Crippen molar-refractivity contribution in [2.45, 2.75) is 13.5 Å². The van der Waals surface area contributed by atoms with E-state index in [1.54, 1.807) is 32.4 Å². The molecule has 3 aromatic rings. The monoisotopic (exact) mass is 326 g/mol. The van der Waals surface area contributed by atoms with E-state index in [1.165, 1.54) is 4.90 Å². The summed E-state index contributed by atoms with van der Waals surface area (Å²) in [4.78, 5) is 14.0. The number of aromatic nitrogens is 1. The number of carbonyl (C=O) groups excluding carboxylic acids is 1. The third-order valence-electron chi connectivity index (χ3n) is 3.61. The molecule has 2 heterocycles. The van der Waals surface area contributed by atoms with Gasteiger partial charge in [0.1, 0.15) is 23.0 Å².